The first kappa shape index (κ1) is 13.1. The summed E-state index contributed by atoms with van der Waals surface area (Å²) < 4.78 is 1.20. The van der Waals surface area contributed by atoms with Gasteiger partial charge in [0.15, 0.2) is 0 Å². The van der Waals surface area contributed by atoms with E-state index in [0.29, 0.717) is 5.25 Å². The van der Waals surface area contributed by atoms with Gasteiger partial charge in [-0.1, -0.05) is 19.9 Å². The van der Waals surface area contributed by atoms with Crippen molar-refractivity contribution in [3.63, 3.8) is 0 Å². The summed E-state index contributed by atoms with van der Waals surface area (Å²) in [7, 11) is 0. The van der Waals surface area contributed by atoms with E-state index in [1.54, 1.807) is 0 Å². The molecule has 84 valence electrons. The molecule has 0 heterocycles. The number of hydrogen-bond acceptors (Lipinski definition) is 2. The number of benzene rings is 1. The molecule has 0 unspecified atom stereocenters. The third-order valence-corrected chi connectivity index (χ3v) is 4.03. The molecule has 0 fully saturated rings. The van der Waals surface area contributed by atoms with Crippen molar-refractivity contribution in [2.75, 3.05) is 6.54 Å². The smallest absolute Gasteiger partial charge is 0.0314 e. The molecule has 1 rings (SSSR count). The van der Waals surface area contributed by atoms with Gasteiger partial charge in [-0.25, -0.2) is 0 Å². The average molecular weight is 288 g/mol. The Hall–Kier alpha value is 0.01000. The van der Waals surface area contributed by atoms with Gasteiger partial charge >= 0.3 is 0 Å². The van der Waals surface area contributed by atoms with E-state index >= 15 is 0 Å². The Kier molecular flexibility index (Phi) is 5.72. The van der Waals surface area contributed by atoms with Crippen LogP contribution >= 0.6 is 27.7 Å². The highest BCUT2D eigenvalue weighted by Crippen LogP contribution is 2.31. The second-order valence-corrected chi connectivity index (χ2v) is 6.30. The first-order valence-electron chi connectivity index (χ1n) is 5.28. The molecule has 0 aromatic heterocycles. The molecular formula is C12H18BrNS. The molecule has 0 radical (unpaired) electrons. The Labute approximate surface area is 105 Å². The van der Waals surface area contributed by atoms with Crippen LogP contribution in [0.2, 0.25) is 0 Å². The average Bonchev–Trinajstić information content (AvgIpc) is 2.18. The van der Waals surface area contributed by atoms with Crippen LogP contribution in [0.15, 0.2) is 27.6 Å². The van der Waals surface area contributed by atoms with Crippen molar-refractivity contribution < 1.29 is 0 Å². The van der Waals surface area contributed by atoms with Crippen LogP contribution in [0, 0.1) is 0 Å². The quantitative estimate of drug-likeness (QED) is 0.833. The van der Waals surface area contributed by atoms with Gasteiger partial charge in [0.2, 0.25) is 0 Å². The zero-order valence-electron chi connectivity index (χ0n) is 9.29. The van der Waals surface area contributed by atoms with Gasteiger partial charge in [-0.15, -0.1) is 11.8 Å². The van der Waals surface area contributed by atoms with Crippen molar-refractivity contribution in [2.45, 2.75) is 36.8 Å². The van der Waals surface area contributed by atoms with Crippen molar-refractivity contribution in [1.29, 1.82) is 0 Å². The van der Waals surface area contributed by atoms with E-state index in [0.717, 1.165) is 19.4 Å². The minimum atomic E-state index is 0.621. The SMILES string of the molecule is CC(C)Sc1ccc(CCCN)cc1Br. The molecule has 0 aliphatic heterocycles. The second kappa shape index (κ2) is 6.56. The molecule has 3 heteroatoms. The summed E-state index contributed by atoms with van der Waals surface area (Å²) >= 11 is 5.50. The molecule has 0 amide bonds. The van der Waals surface area contributed by atoms with E-state index in [4.69, 9.17) is 5.73 Å². The third kappa shape index (κ3) is 4.58. The maximum atomic E-state index is 5.49. The Morgan fingerprint density at radius 1 is 1.40 bits per heavy atom. The van der Waals surface area contributed by atoms with Crippen LogP contribution in [0.3, 0.4) is 0 Å². The van der Waals surface area contributed by atoms with Gasteiger partial charge in [-0.05, 0) is 53.0 Å². The van der Waals surface area contributed by atoms with E-state index in [9.17, 15) is 0 Å². The molecule has 0 bridgehead atoms. The van der Waals surface area contributed by atoms with Crippen LogP contribution in [-0.4, -0.2) is 11.8 Å². The van der Waals surface area contributed by atoms with E-state index in [1.807, 2.05) is 11.8 Å². The Morgan fingerprint density at radius 3 is 2.67 bits per heavy atom. The monoisotopic (exact) mass is 287 g/mol. The fraction of sp³-hybridized carbons (Fsp3) is 0.500. The summed E-state index contributed by atoms with van der Waals surface area (Å²) in [4.78, 5) is 1.32. The predicted molar refractivity (Wildman–Crippen MR) is 72.5 cm³/mol. The summed E-state index contributed by atoms with van der Waals surface area (Å²) in [6.07, 6.45) is 2.13. The minimum Gasteiger partial charge on any atom is -0.330 e. The number of rotatable bonds is 5. The van der Waals surface area contributed by atoms with E-state index in [-0.39, 0.29) is 0 Å². The molecule has 1 aromatic carbocycles. The molecule has 0 saturated heterocycles. The summed E-state index contributed by atoms with van der Waals surface area (Å²) in [6.45, 7) is 5.18. The van der Waals surface area contributed by atoms with E-state index < -0.39 is 0 Å². The molecule has 1 aromatic rings. The van der Waals surface area contributed by atoms with Crippen LogP contribution in [0.1, 0.15) is 25.8 Å². The minimum absolute atomic E-state index is 0.621. The van der Waals surface area contributed by atoms with Gasteiger partial charge in [0, 0.05) is 14.6 Å². The number of thioether (sulfide) groups is 1. The number of halogens is 1. The van der Waals surface area contributed by atoms with Gasteiger partial charge in [-0.2, -0.15) is 0 Å². The fourth-order valence-electron chi connectivity index (χ4n) is 1.36. The largest absolute Gasteiger partial charge is 0.330 e. The van der Waals surface area contributed by atoms with Crippen LogP contribution < -0.4 is 5.73 Å². The molecule has 0 spiro atoms. The van der Waals surface area contributed by atoms with Gasteiger partial charge < -0.3 is 5.73 Å². The molecule has 0 saturated carbocycles. The highest BCUT2D eigenvalue weighted by Gasteiger charge is 2.04. The maximum absolute atomic E-state index is 5.49. The summed E-state index contributed by atoms with van der Waals surface area (Å²) in [6, 6.07) is 6.60. The van der Waals surface area contributed by atoms with Crippen molar-refractivity contribution >= 4 is 27.7 Å². The lowest BCUT2D eigenvalue weighted by atomic mass is 10.1. The molecule has 2 N–H and O–H groups in total. The summed E-state index contributed by atoms with van der Waals surface area (Å²) in [5.41, 5.74) is 6.86. The summed E-state index contributed by atoms with van der Waals surface area (Å²) in [5.74, 6) is 0. The van der Waals surface area contributed by atoms with Crippen LogP contribution in [0.4, 0.5) is 0 Å². The second-order valence-electron chi connectivity index (χ2n) is 3.82. The Morgan fingerprint density at radius 2 is 2.13 bits per heavy atom. The van der Waals surface area contributed by atoms with Crippen molar-refractivity contribution in [3.05, 3.63) is 28.2 Å². The number of nitrogens with two attached hydrogens (primary N) is 1. The molecular weight excluding hydrogens is 270 g/mol. The lowest BCUT2D eigenvalue weighted by Gasteiger charge is -2.09. The molecule has 15 heavy (non-hydrogen) atoms. The summed E-state index contributed by atoms with van der Waals surface area (Å²) in [5, 5.41) is 0.621. The normalized spacial score (nSPS) is 11.0. The fourth-order valence-corrected chi connectivity index (χ4v) is 2.89. The first-order valence-corrected chi connectivity index (χ1v) is 6.96. The zero-order valence-corrected chi connectivity index (χ0v) is 11.7. The number of aryl methyl sites for hydroxylation is 1. The standard InChI is InChI=1S/C12H18BrNS/c1-9(2)15-12-6-5-10(4-3-7-14)8-11(12)13/h5-6,8-9H,3-4,7,14H2,1-2H3. The lowest BCUT2D eigenvalue weighted by Crippen LogP contribution is -2.00. The van der Waals surface area contributed by atoms with Crippen LogP contribution in [0.5, 0.6) is 0 Å². The molecule has 0 aliphatic carbocycles. The van der Waals surface area contributed by atoms with Gasteiger partial charge in [0.25, 0.3) is 0 Å². The van der Waals surface area contributed by atoms with Gasteiger partial charge in [0.1, 0.15) is 0 Å². The molecule has 1 nitrogen and oxygen atoms in total. The van der Waals surface area contributed by atoms with E-state index in [2.05, 4.69) is 48.0 Å². The molecule has 0 atom stereocenters. The highest BCUT2D eigenvalue weighted by molar-refractivity contribution is 9.10. The zero-order chi connectivity index (χ0) is 11.3. The Bertz CT molecular complexity index is 312. The maximum Gasteiger partial charge on any atom is 0.0314 e. The van der Waals surface area contributed by atoms with Crippen LogP contribution in [-0.2, 0) is 6.42 Å². The van der Waals surface area contributed by atoms with Crippen LogP contribution in [0.25, 0.3) is 0 Å². The highest BCUT2D eigenvalue weighted by atomic mass is 79.9. The topological polar surface area (TPSA) is 26.0 Å². The van der Waals surface area contributed by atoms with Crippen molar-refractivity contribution in [1.82, 2.24) is 0 Å². The van der Waals surface area contributed by atoms with Gasteiger partial charge in [0.05, 0.1) is 0 Å². The van der Waals surface area contributed by atoms with Crippen molar-refractivity contribution in [3.8, 4) is 0 Å². The predicted octanol–water partition coefficient (Wildman–Crippen LogP) is 3.84. The van der Waals surface area contributed by atoms with Crippen molar-refractivity contribution in [2.24, 2.45) is 5.73 Å². The first-order chi connectivity index (χ1) is 7.13. The number of hydrogen-bond donors (Lipinski definition) is 1. The Balaban J connectivity index is 2.70. The lowest BCUT2D eigenvalue weighted by molar-refractivity contribution is 0.831. The third-order valence-electron chi connectivity index (χ3n) is 2.03. The van der Waals surface area contributed by atoms with Gasteiger partial charge in [-0.3, -0.25) is 0 Å². The van der Waals surface area contributed by atoms with E-state index in [1.165, 1.54) is 14.9 Å². The molecule has 0 aliphatic rings.